The molecule has 2 heterocycles. The summed E-state index contributed by atoms with van der Waals surface area (Å²) in [5.41, 5.74) is 9.19. The molecule has 104 valence electrons. The third kappa shape index (κ3) is 2.30. The maximum Gasteiger partial charge on any atom is 0.242 e. The zero-order valence-electron chi connectivity index (χ0n) is 11.6. The third-order valence-corrected chi connectivity index (χ3v) is 4.15. The van der Waals surface area contributed by atoms with E-state index >= 15 is 0 Å². The number of nitrogens with two attached hydrogens (primary N) is 1. The summed E-state index contributed by atoms with van der Waals surface area (Å²) in [6.45, 7) is 4.74. The van der Waals surface area contributed by atoms with Crippen LogP contribution in [0.4, 0.5) is 0 Å². The van der Waals surface area contributed by atoms with Crippen molar-refractivity contribution in [3.63, 3.8) is 0 Å². The first-order valence-electron chi connectivity index (χ1n) is 6.58. The van der Waals surface area contributed by atoms with E-state index in [-0.39, 0.29) is 0 Å². The molecule has 0 spiro atoms. The fourth-order valence-electron chi connectivity index (χ4n) is 2.15. The van der Waals surface area contributed by atoms with Gasteiger partial charge in [0.05, 0.1) is 5.69 Å². The Morgan fingerprint density at radius 1 is 1.30 bits per heavy atom. The number of fused-ring (bicyclic) bond motifs is 1. The lowest BCUT2D eigenvalue weighted by Gasteiger charge is -2.07. The number of aromatic nitrogens is 2. The number of benzene rings is 1. The molecule has 3 aromatic rings. The Labute approximate surface area is 121 Å². The van der Waals surface area contributed by atoms with E-state index in [9.17, 15) is 0 Å². The van der Waals surface area contributed by atoms with E-state index < -0.39 is 0 Å². The number of nitrogens with zero attached hydrogens (tertiary/aromatic N) is 2. The van der Waals surface area contributed by atoms with Crippen molar-refractivity contribution in [2.45, 2.75) is 20.3 Å². The minimum atomic E-state index is 0.576. The molecule has 0 aliphatic heterocycles. The van der Waals surface area contributed by atoms with Crippen LogP contribution in [0.3, 0.4) is 0 Å². The molecule has 3 rings (SSSR count). The first-order chi connectivity index (χ1) is 9.69. The van der Waals surface area contributed by atoms with Crippen LogP contribution in [0, 0.1) is 13.8 Å². The van der Waals surface area contributed by atoms with Gasteiger partial charge in [-0.15, -0.1) is 11.3 Å². The predicted molar refractivity (Wildman–Crippen MR) is 81.8 cm³/mol. The van der Waals surface area contributed by atoms with Gasteiger partial charge in [0.15, 0.2) is 4.96 Å². The lowest BCUT2D eigenvalue weighted by atomic mass is 10.1. The molecule has 4 nitrogen and oxygen atoms in total. The average molecular weight is 287 g/mol. The summed E-state index contributed by atoms with van der Waals surface area (Å²) in [4.78, 5) is 5.48. The molecule has 0 saturated heterocycles. The van der Waals surface area contributed by atoms with E-state index in [1.165, 1.54) is 11.1 Å². The number of imidazole rings is 1. The van der Waals surface area contributed by atoms with Crippen molar-refractivity contribution in [3.05, 3.63) is 46.6 Å². The van der Waals surface area contributed by atoms with Gasteiger partial charge >= 0.3 is 0 Å². The number of hydrogen-bond donors (Lipinski definition) is 1. The maximum absolute atomic E-state index is 5.96. The smallest absolute Gasteiger partial charge is 0.242 e. The van der Waals surface area contributed by atoms with Crippen molar-refractivity contribution in [3.8, 4) is 11.6 Å². The van der Waals surface area contributed by atoms with Crippen LogP contribution in [0.1, 0.15) is 16.8 Å². The minimum absolute atomic E-state index is 0.576. The van der Waals surface area contributed by atoms with E-state index in [0.29, 0.717) is 12.4 Å². The molecule has 0 radical (unpaired) electrons. The van der Waals surface area contributed by atoms with Crippen LogP contribution in [-0.2, 0) is 6.42 Å². The molecule has 0 bridgehead atoms. The van der Waals surface area contributed by atoms with Crippen LogP contribution in [0.25, 0.3) is 4.96 Å². The van der Waals surface area contributed by atoms with Gasteiger partial charge in [0.1, 0.15) is 5.75 Å². The fraction of sp³-hybridized carbons (Fsp3) is 0.267. The third-order valence-electron chi connectivity index (χ3n) is 3.40. The monoisotopic (exact) mass is 287 g/mol. The largest absolute Gasteiger partial charge is 0.437 e. The van der Waals surface area contributed by atoms with Crippen LogP contribution >= 0.6 is 11.3 Å². The second kappa shape index (κ2) is 5.26. The van der Waals surface area contributed by atoms with Gasteiger partial charge < -0.3 is 10.5 Å². The molecule has 0 unspecified atom stereocenters. The number of aryl methyl sites for hydroxylation is 2. The topological polar surface area (TPSA) is 52.5 Å². The summed E-state index contributed by atoms with van der Waals surface area (Å²) in [6, 6.07) is 6.07. The number of hydrogen-bond acceptors (Lipinski definition) is 4. The fourth-order valence-corrected chi connectivity index (χ4v) is 2.87. The SMILES string of the molecule is Cc1ccc(Oc2nc3sccn3c2CCN)cc1C. The number of ether oxygens (including phenoxy) is 1. The quantitative estimate of drug-likeness (QED) is 0.801. The average Bonchev–Trinajstić information content (AvgIpc) is 2.98. The standard InChI is InChI=1S/C15H17N3OS/c1-10-3-4-12(9-11(10)2)19-14-13(5-6-16)18-7-8-20-15(18)17-14/h3-4,7-9H,5-6,16H2,1-2H3. The molecule has 0 atom stereocenters. The van der Waals surface area contributed by atoms with Crippen molar-refractivity contribution in [1.29, 1.82) is 0 Å². The Bertz CT molecular complexity index is 745. The van der Waals surface area contributed by atoms with Crippen molar-refractivity contribution in [2.75, 3.05) is 6.54 Å². The van der Waals surface area contributed by atoms with Crippen LogP contribution in [0.2, 0.25) is 0 Å². The van der Waals surface area contributed by atoms with Crippen molar-refractivity contribution in [2.24, 2.45) is 5.73 Å². The van der Waals surface area contributed by atoms with Crippen LogP contribution in [0.15, 0.2) is 29.8 Å². The van der Waals surface area contributed by atoms with Gasteiger partial charge in [-0.2, -0.15) is 4.98 Å². The highest BCUT2D eigenvalue weighted by Crippen LogP contribution is 2.29. The Balaban J connectivity index is 1.98. The highest BCUT2D eigenvalue weighted by molar-refractivity contribution is 7.15. The summed E-state index contributed by atoms with van der Waals surface area (Å²) in [5.74, 6) is 1.47. The molecule has 1 aromatic carbocycles. The Morgan fingerprint density at radius 2 is 2.15 bits per heavy atom. The van der Waals surface area contributed by atoms with Crippen molar-refractivity contribution in [1.82, 2.24) is 9.38 Å². The van der Waals surface area contributed by atoms with Gasteiger partial charge in [0, 0.05) is 18.0 Å². The molecular weight excluding hydrogens is 270 g/mol. The normalized spacial score (nSPS) is 11.2. The summed E-state index contributed by atoms with van der Waals surface area (Å²) < 4.78 is 8.01. The summed E-state index contributed by atoms with van der Waals surface area (Å²) >= 11 is 1.60. The highest BCUT2D eigenvalue weighted by Gasteiger charge is 2.14. The lowest BCUT2D eigenvalue weighted by molar-refractivity contribution is 0.458. The van der Waals surface area contributed by atoms with Gasteiger partial charge in [-0.05, 0) is 43.7 Å². The molecule has 2 aromatic heterocycles. The van der Waals surface area contributed by atoms with E-state index in [2.05, 4.69) is 24.9 Å². The minimum Gasteiger partial charge on any atom is -0.437 e. The summed E-state index contributed by atoms with van der Waals surface area (Å²) in [6.07, 6.45) is 2.75. The van der Waals surface area contributed by atoms with E-state index in [4.69, 9.17) is 10.5 Å². The molecule has 2 N–H and O–H groups in total. The van der Waals surface area contributed by atoms with E-state index in [1.54, 1.807) is 11.3 Å². The second-order valence-electron chi connectivity index (χ2n) is 4.81. The molecule has 20 heavy (non-hydrogen) atoms. The molecule has 5 heteroatoms. The Kier molecular flexibility index (Phi) is 3.46. The zero-order valence-corrected chi connectivity index (χ0v) is 12.4. The van der Waals surface area contributed by atoms with E-state index in [1.807, 2.05) is 28.1 Å². The number of thiazole rings is 1. The van der Waals surface area contributed by atoms with Gasteiger partial charge in [-0.25, -0.2) is 0 Å². The Hall–Kier alpha value is -1.85. The summed E-state index contributed by atoms with van der Waals surface area (Å²) in [5, 5.41) is 2.02. The van der Waals surface area contributed by atoms with Crippen molar-refractivity contribution >= 4 is 16.3 Å². The maximum atomic E-state index is 5.96. The second-order valence-corrected chi connectivity index (χ2v) is 5.68. The predicted octanol–water partition coefficient (Wildman–Crippen LogP) is 3.31. The van der Waals surface area contributed by atoms with Crippen LogP contribution in [-0.4, -0.2) is 15.9 Å². The zero-order chi connectivity index (χ0) is 14.1. The van der Waals surface area contributed by atoms with E-state index in [0.717, 1.165) is 22.8 Å². The Morgan fingerprint density at radius 3 is 2.90 bits per heavy atom. The first kappa shape index (κ1) is 13.1. The van der Waals surface area contributed by atoms with Gasteiger partial charge in [-0.3, -0.25) is 4.40 Å². The lowest BCUT2D eigenvalue weighted by Crippen LogP contribution is -2.05. The molecule has 0 aliphatic carbocycles. The molecule has 0 fully saturated rings. The number of rotatable bonds is 4. The van der Waals surface area contributed by atoms with Crippen molar-refractivity contribution < 1.29 is 4.74 Å². The first-order valence-corrected chi connectivity index (χ1v) is 7.46. The van der Waals surface area contributed by atoms with Crippen LogP contribution in [0.5, 0.6) is 11.6 Å². The molecule has 0 amide bonds. The van der Waals surface area contributed by atoms with Gasteiger partial charge in [0.25, 0.3) is 0 Å². The molecular formula is C15H17N3OS. The van der Waals surface area contributed by atoms with Gasteiger partial charge in [-0.1, -0.05) is 6.07 Å². The summed E-state index contributed by atoms with van der Waals surface area (Å²) in [7, 11) is 0. The molecule has 0 aliphatic rings. The molecule has 0 saturated carbocycles. The highest BCUT2D eigenvalue weighted by atomic mass is 32.1. The van der Waals surface area contributed by atoms with Crippen LogP contribution < -0.4 is 10.5 Å². The van der Waals surface area contributed by atoms with Gasteiger partial charge in [0.2, 0.25) is 5.88 Å².